The van der Waals surface area contributed by atoms with E-state index in [1.165, 1.54) is 11.2 Å². The van der Waals surface area contributed by atoms with Crippen LogP contribution in [0.3, 0.4) is 0 Å². The molecule has 7 heteroatoms. The Morgan fingerprint density at radius 2 is 2.03 bits per heavy atom. The summed E-state index contributed by atoms with van der Waals surface area (Å²) in [5.74, 6) is -0.647. The number of carbonyl (C=O) groups is 2. The summed E-state index contributed by atoms with van der Waals surface area (Å²) in [4.78, 5) is 26.9. The SMILES string of the molecule is CCCOc1cccc(/C(O)=C2/C(=O)C(=O)N(CCCOC)C2c2ccco2)c1. The Morgan fingerprint density at radius 3 is 2.72 bits per heavy atom. The lowest BCUT2D eigenvalue weighted by molar-refractivity contribution is -0.140. The van der Waals surface area contributed by atoms with Crippen molar-refractivity contribution in [3.8, 4) is 5.75 Å². The third-order valence-electron chi connectivity index (χ3n) is 4.68. The number of amides is 1. The summed E-state index contributed by atoms with van der Waals surface area (Å²) in [6.07, 6.45) is 2.88. The van der Waals surface area contributed by atoms with Crippen LogP contribution < -0.4 is 4.74 Å². The molecule has 0 radical (unpaired) electrons. The minimum Gasteiger partial charge on any atom is -0.507 e. The number of hydrogen-bond acceptors (Lipinski definition) is 6. The first-order chi connectivity index (χ1) is 14.1. The van der Waals surface area contributed by atoms with Gasteiger partial charge in [0.15, 0.2) is 0 Å². The number of benzene rings is 1. The number of hydrogen-bond donors (Lipinski definition) is 1. The van der Waals surface area contributed by atoms with Gasteiger partial charge in [-0.1, -0.05) is 19.1 Å². The van der Waals surface area contributed by atoms with Crippen LogP contribution >= 0.6 is 0 Å². The Balaban J connectivity index is 2.02. The highest BCUT2D eigenvalue weighted by Gasteiger charge is 2.47. The molecule has 29 heavy (non-hydrogen) atoms. The first-order valence-electron chi connectivity index (χ1n) is 9.62. The van der Waals surface area contributed by atoms with E-state index in [4.69, 9.17) is 13.9 Å². The van der Waals surface area contributed by atoms with Gasteiger partial charge >= 0.3 is 0 Å². The zero-order chi connectivity index (χ0) is 20.8. The van der Waals surface area contributed by atoms with Crippen molar-refractivity contribution in [1.82, 2.24) is 4.90 Å². The van der Waals surface area contributed by atoms with Gasteiger partial charge in [0.2, 0.25) is 0 Å². The molecule has 154 valence electrons. The molecule has 0 spiro atoms. The average molecular weight is 399 g/mol. The molecule has 3 rings (SSSR count). The van der Waals surface area contributed by atoms with E-state index in [1.54, 1.807) is 43.5 Å². The summed E-state index contributed by atoms with van der Waals surface area (Å²) in [6, 6.07) is 9.42. The van der Waals surface area contributed by atoms with E-state index in [1.807, 2.05) is 6.92 Å². The number of aliphatic hydroxyl groups excluding tert-OH is 1. The lowest BCUT2D eigenvalue weighted by Crippen LogP contribution is -2.31. The van der Waals surface area contributed by atoms with Crippen molar-refractivity contribution in [1.29, 1.82) is 0 Å². The normalized spacial score (nSPS) is 18.4. The summed E-state index contributed by atoms with van der Waals surface area (Å²) in [5, 5.41) is 11.0. The molecular formula is C22H25NO6. The lowest BCUT2D eigenvalue weighted by atomic mass is 9.99. The molecule has 2 heterocycles. The molecular weight excluding hydrogens is 374 g/mol. The quantitative estimate of drug-likeness (QED) is 0.300. The minimum absolute atomic E-state index is 0.00927. The Morgan fingerprint density at radius 1 is 1.21 bits per heavy atom. The van der Waals surface area contributed by atoms with E-state index in [-0.39, 0.29) is 11.3 Å². The highest BCUT2D eigenvalue weighted by Crippen LogP contribution is 2.39. The summed E-state index contributed by atoms with van der Waals surface area (Å²) >= 11 is 0. The van der Waals surface area contributed by atoms with Crippen LogP contribution in [0, 0.1) is 0 Å². The number of Topliss-reactive ketones (excluding diaryl/α,β-unsaturated/α-hetero) is 1. The third kappa shape index (κ3) is 4.35. The van der Waals surface area contributed by atoms with Gasteiger partial charge in [0, 0.05) is 25.8 Å². The van der Waals surface area contributed by atoms with Gasteiger partial charge in [-0.25, -0.2) is 0 Å². The van der Waals surface area contributed by atoms with Crippen LogP contribution in [-0.2, 0) is 14.3 Å². The largest absolute Gasteiger partial charge is 0.507 e. The molecule has 1 aliphatic rings. The molecule has 1 N–H and O–H groups in total. The van der Waals surface area contributed by atoms with Crippen molar-refractivity contribution in [3.63, 3.8) is 0 Å². The number of methoxy groups -OCH3 is 1. The van der Waals surface area contributed by atoms with E-state index in [9.17, 15) is 14.7 Å². The molecule has 1 aromatic heterocycles. The van der Waals surface area contributed by atoms with Gasteiger partial charge in [-0.05, 0) is 37.1 Å². The second-order valence-electron chi connectivity index (χ2n) is 6.73. The van der Waals surface area contributed by atoms with Gasteiger partial charge in [0.05, 0.1) is 18.4 Å². The zero-order valence-electron chi connectivity index (χ0n) is 16.6. The summed E-state index contributed by atoms with van der Waals surface area (Å²) in [6.45, 7) is 3.30. The second kappa shape index (κ2) is 9.43. The fourth-order valence-electron chi connectivity index (χ4n) is 3.34. The maximum atomic E-state index is 12.8. The van der Waals surface area contributed by atoms with Crippen molar-refractivity contribution >= 4 is 17.4 Å². The highest BCUT2D eigenvalue weighted by molar-refractivity contribution is 6.46. The van der Waals surface area contributed by atoms with E-state index in [0.717, 1.165) is 6.42 Å². The number of carbonyl (C=O) groups excluding carboxylic acids is 2. The lowest BCUT2D eigenvalue weighted by Gasteiger charge is -2.23. The van der Waals surface area contributed by atoms with E-state index in [2.05, 4.69) is 0 Å². The van der Waals surface area contributed by atoms with Crippen molar-refractivity contribution in [3.05, 3.63) is 59.6 Å². The first kappa shape index (κ1) is 20.7. The zero-order valence-corrected chi connectivity index (χ0v) is 16.6. The second-order valence-corrected chi connectivity index (χ2v) is 6.73. The molecule has 1 aromatic carbocycles. The summed E-state index contributed by atoms with van der Waals surface area (Å²) < 4.78 is 16.2. The van der Waals surface area contributed by atoms with Crippen molar-refractivity contribution in [2.24, 2.45) is 0 Å². The van der Waals surface area contributed by atoms with Crippen molar-refractivity contribution in [2.75, 3.05) is 26.9 Å². The molecule has 1 aliphatic heterocycles. The number of aliphatic hydroxyl groups is 1. The maximum absolute atomic E-state index is 12.8. The van der Waals surface area contributed by atoms with Crippen molar-refractivity contribution in [2.45, 2.75) is 25.8 Å². The standard InChI is InChI=1S/C22H25NO6/c1-3-11-28-16-8-4-7-15(14-16)20(24)18-19(17-9-5-13-29-17)23(10-6-12-27-2)22(26)21(18)25/h4-5,7-9,13-14,19,24H,3,6,10-12H2,1-2H3/b20-18-. The maximum Gasteiger partial charge on any atom is 0.295 e. The monoisotopic (exact) mass is 399 g/mol. The van der Waals surface area contributed by atoms with Crippen molar-refractivity contribution < 1.29 is 28.6 Å². The van der Waals surface area contributed by atoms with Gasteiger partial charge in [0.1, 0.15) is 23.3 Å². The number of rotatable bonds is 9. The van der Waals surface area contributed by atoms with Crippen LogP contribution in [0.2, 0.25) is 0 Å². The average Bonchev–Trinajstić information content (AvgIpc) is 3.34. The smallest absolute Gasteiger partial charge is 0.295 e. The van der Waals surface area contributed by atoms with Crippen LogP contribution in [0.15, 0.2) is 52.7 Å². The van der Waals surface area contributed by atoms with Crippen LogP contribution in [0.25, 0.3) is 5.76 Å². The molecule has 1 amide bonds. The molecule has 0 aliphatic carbocycles. The van der Waals surface area contributed by atoms with Gasteiger partial charge < -0.3 is 23.9 Å². The number of ketones is 1. The summed E-state index contributed by atoms with van der Waals surface area (Å²) in [5.41, 5.74) is 0.417. The molecule has 1 fully saturated rings. The molecule has 2 aromatic rings. The topological polar surface area (TPSA) is 89.2 Å². The fourth-order valence-corrected chi connectivity index (χ4v) is 3.34. The van der Waals surface area contributed by atoms with E-state index >= 15 is 0 Å². The Kier molecular flexibility index (Phi) is 6.72. The van der Waals surface area contributed by atoms with Crippen LogP contribution in [0.4, 0.5) is 0 Å². The van der Waals surface area contributed by atoms with Crippen LogP contribution in [0.1, 0.15) is 37.1 Å². The van der Waals surface area contributed by atoms with E-state index < -0.39 is 17.7 Å². The Bertz CT molecular complexity index is 886. The fraction of sp³-hybridized carbons (Fsp3) is 0.364. The van der Waals surface area contributed by atoms with Crippen LogP contribution in [-0.4, -0.2) is 48.6 Å². The molecule has 1 saturated heterocycles. The highest BCUT2D eigenvalue weighted by atomic mass is 16.5. The van der Waals surface area contributed by atoms with Gasteiger partial charge in [0.25, 0.3) is 11.7 Å². The number of furan rings is 1. The molecule has 1 atom stereocenters. The molecule has 0 saturated carbocycles. The molecule has 1 unspecified atom stereocenters. The predicted molar refractivity (Wildman–Crippen MR) is 106 cm³/mol. The number of ether oxygens (including phenoxy) is 2. The minimum atomic E-state index is -0.790. The van der Waals surface area contributed by atoms with Gasteiger partial charge in [-0.15, -0.1) is 0 Å². The Labute approximate surface area is 169 Å². The number of nitrogens with zero attached hydrogens (tertiary/aromatic N) is 1. The molecule has 7 nitrogen and oxygen atoms in total. The molecule has 0 bridgehead atoms. The first-order valence-corrected chi connectivity index (χ1v) is 9.62. The van der Waals surface area contributed by atoms with Gasteiger partial charge in [-0.2, -0.15) is 0 Å². The third-order valence-corrected chi connectivity index (χ3v) is 4.68. The summed E-state index contributed by atoms with van der Waals surface area (Å²) in [7, 11) is 1.58. The van der Waals surface area contributed by atoms with Crippen LogP contribution in [0.5, 0.6) is 5.75 Å². The number of likely N-dealkylation sites (tertiary alicyclic amines) is 1. The van der Waals surface area contributed by atoms with E-state index in [0.29, 0.717) is 43.3 Å². The predicted octanol–water partition coefficient (Wildman–Crippen LogP) is 3.53. The van der Waals surface area contributed by atoms with Gasteiger partial charge in [-0.3, -0.25) is 9.59 Å². The Hall–Kier alpha value is -3.06.